The second-order valence-corrected chi connectivity index (χ2v) is 7.77. The Balaban J connectivity index is 1.74. The van der Waals surface area contributed by atoms with Gasteiger partial charge in [-0.1, -0.05) is 26.2 Å². The quantitative estimate of drug-likeness (QED) is 0.835. The Kier molecular flexibility index (Phi) is 6.31. The average molecular weight is 323 g/mol. The van der Waals surface area contributed by atoms with Gasteiger partial charge in [0.25, 0.3) is 0 Å². The van der Waals surface area contributed by atoms with Gasteiger partial charge in [-0.05, 0) is 46.0 Å². The molecule has 1 heterocycles. The minimum Gasteiger partial charge on any atom is -0.351 e. The van der Waals surface area contributed by atoms with Gasteiger partial charge in [-0.25, -0.2) is 4.79 Å². The number of amides is 3. The molecule has 0 bridgehead atoms. The van der Waals surface area contributed by atoms with E-state index in [9.17, 15) is 9.59 Å². The lowest BCUT2D eigenvalue weighted by molar-refractivity contribution is -0.127. The molecule has 23 heavy (non-hydrogen) atoms. The van der Waals surface area contributed by atoms with Gasteiger partial charge in [-0.15, -0.1) is 0 Å². The number of carbonyl (C=O) groups is 2. The van der Waals surface area contributed by atoms with Crippen molar-refractivity contribution in [3.63, 3.8) is 0 Å². The molecule has 1 saturated heterocycles. The number of nitrogens with one attached hydrogen (secondary N) is 2. The highest BCUT2D eigenvalue weighted by molar-refractivity contribution is 5.80. The van der Waals surface area contributed by atoms with Crippen molar-refractivity contribution in [3.8, 4) is 0 Å². The van der Waals surface area contributed by atoms with Gasteiger partial charge in [0.1, 0.15) is 0 Å². The Labute approximate surface area is 140 Å². The number of rotatable bonds is 4. The van der Waals surface area contributed by atoms with Gasteiger partial charge < -0.3 is 15.5 Å². The van der Waals surface area contributed by atoms with Crippen molar-refractivity contribution in [1.29, 1.82) is 0 Å². The monoisotopic (exact) mass is 323 g/mol. The molecule has 0 radical (unpaired) electrons. The fourth-order valence-corrected chi connectivity index (χ4v) is 3.38. The molecule has 1 aliphatic carbocycles. The molecule has 1 saturated carbocycles. The lowest BCUT2D eigenvalue weighted by Crippen LogP contribution is -2.51. The first-order valence-electron chi connectivity index (χ1n) is 9.29. The van der Waals surface area contributed by atoms with Gasteiger partial charge >= 0.3 is 6.03 Å². The molecule has 0 spiro atoms. The summed E-state index contributed by atoms with van der Waals surface area (Å²) in [4.78, 5) is 26.5. The number of hydrogen-bond donors (Lipinski definition) is 2. The molecule has 132 valence electrons. The van der Waals surface area contributed by atoms with Crippen LogP contribution in [0.1, 0.15) is 72.1 Å². The van der Waals surface area contributed by atoms with Crippen LogP contribution in [0.5, 0.6) is 0 Å². The Morgan fingerprint density at radius 2 is 1.65 bits per heavy atom. The molecule has 3 amide bonds. The Morgan fingerprint density at radius 3 is 2.22 bits per heavy atom. The van der Waals surface area contributed by atoms with Crippen molar-refractivity contribution < 1.29 is 9.59 Å². The highest BCUT2D eigenvalue weighted by Crippen LogP contribution is 2.21. The van der Waals surface area contributed by atoms with Crippen molar-refractivity contribution >= 4 is 11.9 Å². The normalized spacial score (nSPS) is 21.1. The molecule has 2 fully saturated rings. The van der Waals surface area contributed by atoms with Crippen LogP contribution >= 0.6 is 0 Å². The third-order valence-corrected chi connectivity index (χ3v) is 5.43. The zero-order valence-corrected chi connectivity index (χ0v) is 15.0. The first-order chi connectivity index (χ1) is 10.9. The molecule has 2 aliphatic rings. The lowest BCUT2D eigenvalue weighted by atomic mass is 9.93. The minimum absolute atomic E-state index is 0.0413. The predicted octanol–water partition coefficient (Wildman–Crippen LogP) is 3.05. The SMILES string of the molecule is CCC(C)(C)NC(=O)C1CCN(C(=O)NC2CCCCC2)CC1. The van der Waals surface area contributed by atoms with Crippen molar-refractivity contribution in [1.82, 2.24) is 15.5 Å². The Morgan fingerprint density at radius 1 is 1.04 bits per heavy atom. The molecule has 5 nitrogen and oxygen atoms in total. The second-order valence-electron chi connectivity index (χ2n) is 7.77. The van der Waals surface area contributed by atoms with Crippen molar-refractivity contribution in [2.75, 3.05) is 13.1 Å². The number of piperidine rings is 1. The standard InChI is InChI=1S/C18H33N3O2/c1-4-18(2,3)20-16(22)14-10-12-21(13-11-14)17(23)19-15-8-6-5-7-9-15/h14-15H,4-13H2,1-3H3,(H,19,23)(H,20,22). The molecule has 0 aromatic carbocycles. The zero-order valence-electron chi connectivity index (χ0n) is 15.0. The van der Waals surface area contributed by atoms with E-state index < -0.39 is 0 Å². The summed E-state index contributed by atoms with van der Waals surface area (Å²) >= 11 is 0. The summed E-state index contributed by atoms with van der Waals surface area (Å²) in [5.74, 6) is 0.184. The summed E-state index contributed by atoms with van der Waals surface area (Å²) in [6.07, 6.45) is 8.41. The first kappa shape index (κ1) is 18.1. The molecule has 0 unspecified atom stereocenters. The summed E-state index contributed by atoms with van der Waals surface area (Å²) in [7, 11) is 0. The Hall–Kier alpha value is -1.26. The van der Waals surface area contributed by atoms with Gasteiger partial charge in [0.05, 0.1) is 0 Å². The van der Waals surface area contributed by atoms with Crippen LogP contribution in [0, 0.1) is 5.92 Å². The number of nitrogens with zero attached hydrogens (tertiary/aromatic N) is 1. The molecule has 0 aromatic rings. The van der Waals surface area contributed by atoms with Gasteiger partial charge in [-0.2, -0.15) is 0 Å². The summed E-state index contributed by atoms with van der Waals surface area (Å²) < 4.78 is 0. The van der Waals surface area contributed by atoms with Crippen LogP contribution in [0.25, 0.3) is 0 Å². The van der Waals surface area contributed by atoms with E-state index in [2.05, 4.69) is 31.4 Å². The maximum atomic E-state index is 12.3. The van der Waals surface area contributed by atoms with Gasteiger partial charge in [0.2, 0.25) is 5.91 Å². The largest absolute Gasteiger partial charge is 0.351 e. The van der Waals surface area contributed by atoms with E-state index in [4.69, 9.17) is 0 Å². The van der Waals surface area contributed by atoms with Crippen LogP contribution in [0.3, 0.4) is 0 Å². The summed E-state index contributed by atoms with van der Waals surface area (Å²) in [6.45, 7) is 7.56. The number of hydrogen-bond acceptors (Lipinski definition) is 2. The van der Waals surface area contributed by atoms with E-state index in [1.54, 1.807) is 0 Å². The molecular formula is C18H33N3O2. The third kappa shape index (κ3) is 5.40. The smallest absolute Gasteiger partial charge is 0.317 e. The number of likely N-dealkylation sites (tertiary alicyclic amines) is 1. The molecule has 0 atom stereocenters. The van der Waals surface area contributed by atoms with E-state index in [0.717, 1.165) is 32.1 Å². The van der Waals surface area contributed by atoms with E-state index in [0.29, 0.717) is 19.1 Å². The van der Waals surface area contributed by atoms with Crippen LogP contribution < -0.4 is 10.6 Å². The van der Waals surface area contributed by atoms with Crippen LogP contribution in [0.4, 0.5) is 4.79 Å². The highest BCUT2D eigenvalue weighted by Gasteiger charge is 2.30. The molecule has 1 aliphatic heterocycles. The lowest BCUT2D eigenvalue weighted by Gasteiger charge is -2.35. The predicted molar refractivity (Wildman–Crippen MR) is 92.2 cm³/mol. The minimum atomic E-state index is -0.146. The average Bonchev–Trinajstić information content (AvgIpc) is 2.55. The molecule has 2 N–H and O–H groups in total. The first-order valence-corrected chi connectivity index (χ1v) is 9.29. The van der Waals surface area contributed by atoms with E-state index in [1.165, 1.54) is 19.3 Å². The maximum absolute atomic E-state index is 12.3. The molecule has 5 heteroatoms. The van der Waals surface area contributed by atoms with Crippen molar-refractivity contribution in [2.45, 2.75) is 83.7 Å². The summed E-state index contributed by atoms with van der Waals surface area (Å²) in [5, 5.41) is 6.29. The second kappa shape index (κ2) is 8.02. The number of urea groups is 1. The van der Waals surface area contributed by atoms with Crippen LogP contribution in [0.2, 0.25) is 0 Å². The van der Waals surface area contributed by atoms with Gasteiger partial charge in [0, 0.05) is 30.6 Å². The Bertz CT molecular complexity index is 408. The molecule has 2 rings (SSSR count). The van der Waals surface area contributed by atoms with Crippen molar-refractivity contribution in [2.24, 2.45) is 5.92 Å². The fourth-order valence-electron chi connectivity index (χ4n) is 3.38. The topological polar surface area (TPSA) is 61.4 Å². The van der Waals surface area contributed by atoms with Crippen molar-refractivity contribution in [3.05, 3.63) is 0 Å². The summed E-state index contributed by atoms with van der Waals surface area (Å²) in [5.41, 5.74) is -0.146. The van der Waals surface area contributed by atoms with E-state index >= 15 is 0 Å². The van der Waals surface area contributed by atoms with Gasteiger partial charge in [-0.3, -0.25) is 4.79 Å². The van der Waals surface area contributed by atoms with Crippen LogP contribution in [-0.4, -0.2) is 41.5 Å². The van der Waals surface area contributed by atoms with Gasteiger partial charge in [0.15, 0.2) is 0 Å². The van der Waals surface area contributed by atoms with E-state index in [1.807, 2.05) is 4.90 Å². The fraction of sp³-hybridized carbons (Fsp3) is 0.889. The number of carbonyl (C=O) groups excluding carboxylic acids is 2. The highest BCUT2D eigenvalue weighted by atomic mass is 16.2. The maximum Gasteiger partial charge on any atom is 0.317 e. The molecule has 0 aromatic heterocycles. The zero-order chi connectivity index (χ0) is 16.9. The van der Waals surface area contributed by atoms with E-state index in [-0.39, 0.29) is 23.4 Å². The van der Waals surface area contributed by atoms with Crippen LogP contribution in [0.15, 0.2) is 0 Å². The molecular weight excluding hydrogens is 290 g/mol. The van der Waals surface area contributed by atoms with Crippen LogP contribution in [-0.2, 0) is 4.79 Å². The third-order valence-electron chi connectivity index (χ3n) is 5.43. The summed E-state index contributed by atoms with van der Waals surface area (Å²) in [6, 6.07) is 0.410.